The number of hydrogen-bond acceptors (Lipinski definition) is 2. The van der Waals surface area contributed by atoms with Crippen LogP contribution in [0.25, 0.3) is 0 Å². The number of hydrogen-bond donors (Lipinski definition) is 1. The van der Waals surface area contributed by atoms with Crippen LogP contribution in [0.2, 0.25) is 0 Å². The van der Waals surface area contributed by atoms with Crippen molar-refractivity contribution in [2.24, 2.45) is 5.92 Å². The van der Waals surface area contributed by atoms with E-state index in [1.807, 2.05) is 24.3 Å². The summed E-state index contributed by atoms with van der Waals surface area (Å²) in [5.41, 5.74) is 1.02. The van der Waals surface area contributed by atoms with Crippen molar-refractivity contribution >= 4 is 0 Å². The molecule has 0 saturated carbocycles. The van der Waals surface area contributed by atoms with Gasteiger partial charge in [-0.05, 0) is 18.2 Å². The van der Waals surface area contributed by atoms with Gasteiger partial charge >= 0.3 is 0 Å². The number of methoxy groups -OCH3 is 1. The summed E-state index contributed by atoms with van der Waals surface area (Å²) in [5.74, 6) is 7.76. The first kappa shape index (κ1) is 9.11. The van der Waals surface area contributed by atoms with Gasteiger partial charge in [0.2, 0.25) is 0 Å². The smallest absolute Gasteiger partial charge is 0.120 e. The van der Waals surface area contributed by atoms with Gasteiger partial charge in [0.25, 0.3) is 0 Å². The zero-order chi connectivity index (χ0) is 9.80. The molecule has 0 bridgehead atoms. The molecule has 0 unspecified atom stereocenters. The van der Waals surface area contributed by atoms with Crippen molar-refractivity contribution in [3.63, 3.8) is 0 Å². The lowest BCUT2D eigenvalue weighted by atomic mass is 10.0. The van der Waals surface area contributed by atoms with Crippen molar-refractivity contribution in [3.05, 3.63) is 29.8 Å². The molecule has 0 spiro atoms. The van der Waals surface area contributed by atoms with Gasteiger partial charge in [-0.1, -0.05) is 17.9 Å². The van der Waals surface area contributed by atoms with Gasteiger partial charge < -0.3 is 10.1 Å². The molecule has 1 aliphatic heterocycles. The van der Waals surface area contributed by atoms with E-state index >= 15 is 0 Å². The third-order valence-electron chi connectivity index (χ3n) is 2.27. The maximum atomic E-state index is 5.12. The second kappa shape index (κ2) is 4.17. The van der Waals surface area contributed by atoms with Crippen molar-refractivity contribution < 1.29 is 4.74 Å². The van der Waals surface area contributed by atoms with Gasteiger partial charge in [0.1, 0.15) is 5.75 Å². The van der Waals surface area contributed by atoms with Crippen LogP contribution in [0.1, 0.15) is 5.56 Å². The Balaban J connectivity index is 2.09. The quantitative estimate of drug-likeness (QED) is 0.668. The van der Waals surface area contributed by atoms with Gasteiger partial charge in [-0.2, -0.15) is 0 Å². The van der Waals surface area contributed by atoms with E-state index in [1.165, 1.54) is 0 Å². The lowest BCUT2D eigenvalue weighted by Crippen LogP contribution is -2.40. The third kappa shape index (κ3) is 2.07. The van der Waals surface area contributed by atoms with Crippen LogP contribution in [0, 0.1) is 17.8 Å². The highest BCUT2D eigenvalue weighted by molar-refractivity contribution is 5.40. The number of benzene rings is 1. The molecule has 1 N–H and O–H groups in total. The Hall–Kier alpha value is -1.46. The zero-order valence-corrected chi connectivity index (χ0v) is 8.21. The molecule has 0 atom stereocenters. The second-order valence-electron chi connectivity index (χ2n) is 3.36. The summed E-state index contributed by atoms with van der Waals surface area (Å²) < 4.78 is 5.12. The maximum Gasteiger partial charge on any atom is 0.120 e. The lowest BCUT2D eigenvalue weighted by molar-refractivity contribution is 0.414. The normalized spacial score (nSPS) is 15.2. The molecular weight excluding hydrogens is 174 g/mol. The van der Waals surface area contributed by atoms with Gasteiger partial charge in [-0.3, -0.25) is 0 Å². The largest absolute Gasteiger partial charge is 0.497 e. The summed E-state index contributed by atoms with van der Waals surface area (Å²) in [6, 6.07) is 7.85. The molecule has 0 aromatic heterocycles. The summed E-state index contributed by atoms with van der Waals surface area (Å²) in [6.45, 7) is 2.05. The van der Waals surface area contributed by atoms with E-state index in [9.17, 15) is 0 Å². The van der Waals surface area contributed by atoms with Crippen molar-refractivity contribution in [2.45, 2.75) is 0 Å². The first-order valence-corrected chi connectivity index (χ1v) is 4.75. The topological polar surface area (TPSA) is 21.3 Å². The fraction of sp³-hybridized carbons (Fsp3) is 0.333. The minimum absolute atomic E-state index is 0.529. The zero-order valence-electron chi connectivity index (χ0n) is 8.21. The lowest BCUT2D eigenvalue weighted by Gasteiger charge is -2.21. The molecule has 1 aliphatic rings. The van der Waals surface area contributed by atoms with Crippen LogP contribution in [-0.4, -0.2) is 20.2 Å². The van der Waals surface area contributed by atoms with Crippen molar-refractivity contribution in [3.8, 4) is 17.6 Å². The Morgan fingerprint density at radius 3 is 2.93 bits per heavy atom. The first-order chi connectivity index (χ1) is 6.88. The number of rotatable bonds is 1. The molecule has 14 heavy (non-hydrogen) atoms. The molecule has 0 aliphatic carbocycles. The SMILES string of the molecule is COc1cccc(C#CC2CNC2)c1. The van der Waals surface area contributed by atoms with E-state index in [0.717, 1.165) is 24.4 Å². The molecule has 2 heteroatoms. The fourth-order valence-corrected chi connectivity index (χ4v) is 1.28. The van der Waals surface area contributed by atoms with E-state index in [4.69, 9.17) is 4.74 Å². The van der Waals surface area contributed by atoms with Crippen LogP contribution in [0.3, 0.4) is 0 Å². The summed E-state index contributed by atoms with van der Waals surface area (Å²) >= 11 is 0. The number of nitrogens with one attached hydrogen (secondary N) is 1. The van der Waals surface area contributed by atoms with E-state index in [2.05, 4.69) is 17.2 Å². The summed E-state index contributed by atoms with van der Waals surface area (Å²) in [4.78, 5) is 0. The Bertz CT molecular complexity index is 371. The predicted molar refractivity (Wildman–Crippen MR) is 56.2 cm³/mol. The van der Waals surface area contributed by atoms with Crippen LogP contribution in [0.5, 0.6) is 5.75 Å². The highest BCUT2D eigenvalue weighted by Crippen LogP contribution is 2.11. The van der Waals surface area contributed by atoms with Gasteiger partial charge in [0.15, 0.2) is 0 Å². The highest BCUT2D eigenvalue weighted by atomic mass is 16.5. The van der Waals surface area contributed by atoms with Crippen LogP contribution < -0.4 is 10.1 Å². The fourth-order valence-electron chi connectivity index (χ4n) is 1.28. The van der Waals surface area contributed by atoms with Crippen molar-refractivity contribution in [1.29, 1.82) is 0 Å². The Morgan fingerprint density at radius 2 is 2.29 bits per heavy atom. The van der Waals surface area contributed by atoms with Gasteiger partial charge in [-0.25, -0.2) is 0 Å². The van der Waals surface area contributed by atoms with E-state index in [0.29, 0.717) is 5.92 Å². The molecule has 72 valence electrons. The predicted octanol–water partition coefficient (Wildman–Crippen LogP) is 1.27. The van der Waals surface area contributed by atoms with E-state index in [1.54, 1.807) is 7.11 Å². The van der Waals surface area contributed by atoms with Gasteiger partial charge in [0, 0.05) is 24.6 Å². The molecule has 1 saturated heterocycles. The van der Waals surface area contributed by atoms with E-state index in [-0.39, 0.29) is 0 Å². The standard InChI is InChI=1S/C12H13NO/c1-14-12-4-2-3-10(7-12)5-6-11-8-13-9-11/h2-4,7,11,13H,8-9H2,1H3. The monoisotopic (exact) mass is 187 g/mol. The average molecular weight is 187 g/mol. The maximum absolute atomic E-state index is 5.12. The minimum atomic E-state index is 0.529. The Morgan fingerprint density at radius 1 is 1.43 bits per heavy atom. The molecule has 2 rings (SSSR count). The molecule has 0 radical (unpaired) electrons. The molecule has 1 aromatic rings. The van der Waals surface area contributed by atoms with Gasteiger partial charge in [-0.15, -0.1) is 0 Å². The number of ether oxygens (including phenoxy) is 1. The molecule has 1 heterocycles. The summed E-state index contributed by atoms with van der Waals surface area (Å²) in [5, 5.41) is 3.19. The van der Waals surface area contributed by atoms with E-state index < -0.39 is 0 Å². The Labute approximate surface area is 84.3 Å². The molecule has 0 amide bonds. The van der Waals surface area contributed by atoms with Crippen LogP contribution in [0.4, 0.5) is 0 Å². The highest BCUT2D eigenvalue weighted by Gasteiger charge is 2.12. The molecular formula is C12H13NO. The van der Waals surface area contributed by atoms with Crippen molar-refractivity contribution in [2.75, 3.05) is 20.2 Å². The van der Waals surface area contributed by atoms with Crippen LogP contribution in [0.15, 0.2) is 24.3 Å². The second-order valence-corrected chi connectivity index (χ2v) is 3.36. The molecule has 2 nitrogen and oxygen atoms in total. The Kier molecular flexibility index (Phi) is 2.71. The molecule has 1 fully saturated rings. The summed E-state index contributed by atoms with van der Waals surface area (Å²) in [7, 11) is 1.67. The molecule has 1 aromatic carbocycles. The van der Waals surface area contributed by atoms with Crippen LogP contribution >= 0.6 is 0 Å². The van der Waals surface area contributed by atoms with Crippen molar-refractivity contribution in [1.82, 2.24) is 5.32 Å². The minimum Gasteiger partial charge on any atom is -0.497 e. The van der Waals surface area contributed by atoms with Gasteiger partial charge in [0.05, 0.1) is 7.11 Å². The third-order valence-corrected chi connectivity index (χ3v) is 2.27. The van der Waals surface area contributed by atoms with Crippen LogP contribution in [-0.2, 0) is 0 Å². The average Bonchev–Trinajstić information content (AvgIpc) is 2.16. The first-order valence-electron chi connectivity index (χ1n) is 4.75. The summed E-state index contributed by atoms with van der Waals surface area (Å²) in [6.07, 6.45) is 0.